The number of rotatable bonds is 3. The first-order chi connectivity index (χ1) is 13.7. The van der Waals surface area contributed by atoms with E-state index in [4.69, 9.17) is 9.47 Å². The molecule has 0 bridgehead atoms. The van der Waals surface area contributed by atoms with Gasteiger partial charge in [0.25, 0.3) is 0 Å². The Kier molecular flexibility index (Phi) is 5.19. The number of methoxy groups -OCH3 is 1. The fourth-order valence-corrected chi connectivity index (χ4v) is 3.87. The molecule has 28 heavy (non-hydrogen) atoms. The highest BCUT2D eigenvalue weighted by Gasteiger charge is 2.33. The molecule has 4 rings (SSSR count). The third kappa shape index (κ3) is 3.67. The Morgan fingerprint density at radius 1 is 1.14 bits per heavy atom. The number of hydrogen-bond donors (Lipinski definition) is 0. The predicted molar refractivity (Wildman–Crippen MR) is 106 cm³/mol. The van der Waals surface area contributed by atoms with Crippen LogP contribution in [0, 0.1) is 5.92 Å². The number of nitrogens with zero attached hydrogens (tertiary/aromatic N) is 2. The maximum absolute atomic E-state index is 13.1. The third-order valence-corrected chi connectivity index (χ3v) is 5.41. The van der Waals surface area contributed by atoms with Crippen molar-refractivity contribution < 1.29 is 19.1 Å². The molecular formula is C22H24N2O4. The van der Waals surface area contributed by atoms with Gasteiger partial charge in [0, 0.05) is 30.8 Å². The summed E-state index contributed by atoms with van der Waals surface area (Å²) in [5.74, 6) is 1.38. The van der Waals surface area contributed by atoms with Crippen molar-refractivity contribution in [3.05, 3.63) is 54.1 Å². The molecular weight excluding hydrogens is 356 g/mol. The molecule has 1 fully saturated rings. The maximum atomic E-state index is 13.1. The van der Waals surface area contributed by atoms with Crippen LogP contribution in [0.5, 0.6) is 11.5 Å². The molecule has 146 valence electrons. The molecule has 2 aliphatic rings. The Hall–Kier alpha value is -3.02. The summed E-state index contributed by atoms with van der Waals surface area (Å²) in [6.45, 7) is 1.64. The van der Waals surface area contributed by atoms with E-state index in [0.29, 0.717) is 38.3 Å². The molecule has 2 aliphatic heterocycles. The van der Waals surface area contributed by atoms with Crippen molar-refractivity contribution >= 4 is 17.5 Å². The van der Waals surface area contributed by atoms with E-state index < -0.39 is 0 Å². The molecule has 2 aromatic carbocycles. The van der Waals surface area contributed by atoms with Gasteiger partial charge in [-0.05, 0) is 36.6 Å². The number of fused-ring (bicyclic) bond motifs is 1. The first-order valence-electron chi connectivity index (χ1n) is 9.59. The quantitative estimate of drug-likeness (QED) is 0.821. The zero-order valence-electron chi connectivity index (χ0n) is 16.0. The van der Waals surface area contributed by atoms with Crippen molar-refractivity contribution in [2.75, 3.05) is 38.3 Å². The zero-order chi connectivity index (χ0) is 19.5. The Balaban J connectivity index is 1.44. The molecule has 2 amide bonds. The average molecular weight is 380 g/mol. The molecule has 6 heteroatoms. The van der Waals surface area contributed by atoms with Crippen LogP contribution in [0.1, 0.15) is 12.0 Å². The van der Waals surface area contributed by atoms with Crippen molar-refractivity contribution in [2.45, 2.75) is 12.8 Å². The van der Waals surface area contributed by atoms with Crippen LogP contribution in [0.4, 0.5) is 5.69 Å². The fraction of sp³-hybridized carbons (Fsp3) is 0.364. The number of ether oxygens (including phenoxy) is 2. The Bertz CT molecular complexity index is 882. The van der Waals surface area contributed by atoms with E-state index in [9.17, 15) is 9.59 Å². The lowest BCUT2D eigenvalue weighted by molar-refractivity contribution is -0.140. The summed E-state index contributed by atoms with van der Waals surface area (Å²) in [5.41, 5.74) is 1.85. The van der Waals surface area contributed by atoms with Crippen LogP contribution >= 0.6 is 0 Å². The number of hydrogen-bond acceptors (Lipinski definition) is 4. The van der Waals surface area contributed by atoms with E-state index in [0.717, 1.165) is 17.0 Å². The molecule has 0 radical (unpaired) electrons. The molecule has 0 unspecified atom stereocenters. The van der Waals surface area contributed by atoms with Gasteiger partial charge in [-0.15, -0.1) is 0 Å². The fourth-order valence-electron chi connectivity index (χ4n) is 3.87. The highest BCUT2D eigenvalue weighted by Crippen LogP contribution is 2.28. The molecule has 0 aromatic heterocycles. The minimum absolute atomic E-state index is 0.0407. The number of amides is 2. The van der Waals surface area contributed by atoms with Gasteiger partial charge in [-0.1, -0.05) is 24.3 Å². The second kappa shape index (κ2) is 7.92. The smallest absolute Gasteiger partial charge is 0.246 e. The predicted octanol–water partition coefficient (Wildman–Crippen LogP) is 2.51. The summed E-state index contributed by atoms with van der Waals surface area (Å²) in [6.07, 6.45) is 1.32. The number of anilines is 1. The number of para-hydroxylation sites is 1. The van der Waals surface area contributed by atoms with E-state index in [1.54, 1.807) is 16.9 Å². The topological polar surface area (TPSA) is 59.1 Å². The molecule has 6 nitrogen and oxygen atoms in total. The minimum atomic E-state index is -0.153. The summed E-state index contributed by atoms with van der Waals surface area (Å²) in [4.78, 5) is 29.2. The van der Waals surface area contributed by atoms with Crippen LogP contribution in [0.25, 0.3) is 0 Å². The van der Waals surface area contributed by atoms with Gasteiger partial charge in [-0.3, -0.25) is 9.59 Å². The largest absolute Gasteiger partial charge is 0.497 e. The second-order valence-corrected chi connectivity index (χ2v) is 7.15. The molecule has 1 atom stereocenters. The minimum Gasteiger partial charge on any atom is -0.497 e. The first kappa shape index (κ1) is 18.3. The van der Waals surface area contributed by atoms with Gasteiger partial charge in [0.15, 0.2) is 0 Å². The summed E-state index contributed by atoms with van der Waals surface area (Å²) in [5, 5.41) is 0. The SMILES string of the molecule is COc1cccc(N2CCN(C(=O)[C@@H]3CCOc4ccccc4C3)CC2=O)c1. The summed E-state index contributed by atoms with van der Waals surface area (Å²) in [7, 11) is 1.60. The number of carbonyl (C=O) groups excluding carboxylic acids is 2. The number of benzene rings is 2. The van der Waals surface area contributed by atoms with Crippen LogP contribution in [0.3, 0.4) is 0 Å². The Morgan fingerprint density at radius 3 is 2.82 bits per heavy atom. The lowest BCUT2D eigenvalue weighted by atomic mass is 9.95. The van der Waals surface area contributed by atoms with Gasteiger partial charge < -0.3 is 19.3 Å². The number of carbonyl (C=O) groups is 2. The van der Waals surface area contributed by atoms with Crippen molar-refractivity contribution in [2.24, 2.45) is 5.92 Å². The van der Waals surface area contributed by atoms with Gasteiger partial charge in [0.05, 0.1) is 13.7 Å². The van der Waals surface area contributed by atoms with Gasteiger partial charge in [0.1, 0.15) is 18.0 Å². The van der Waals surface area contributed by atoms with Crippen LogP contribution in [0.15, 0.2) is 48.5 Å². The Morgan fingerprint density at radius 2 is 2.00 bits per heavy atom. The lowest BCUT2D eigenvalue weighted by Crippen LogP contribution is -2.54. The van der Waals surface area contributed by atoms with Crippen LogP contribution in [-0.4, -0.2) is 50.1 Å². The van der Waals surface area contributed by atoms with E-state index >= 15 is 0 Å². The number of piperazine rings is 1. The summed E-state index contributed by atoms with van der Waals surface area (Å²) in [6, 6.07) is 15.3. The van der Waals surface area contributed by atoms with Crippen LogP contribution in [-0.2, 0) is 16.0 Å². The highest BCUT2D eigenvalue weighted by atomic mass is 16.5. The molecule has 0 N–H and O–H groups in total. The zero-order valence-corrected chi connectivity index (χ0v) is 16.0. The van der Waals surface area contributed by atoms with E-state index in [1.165, 1.54) is 0 Å². The maximum Gasteiger partial charge on any atom is 0.246 e. The van der Waals surface area contributed by atoms with Crippen LogP contribution < -0.4 is 14.4 Å². The summed E-state index contributed by atoms with van der Waals surface area (Å²) < 4.78 is 11.0. The molecule has 2 aromatic rings. The molecule has 1 saturated heterocycles. The van der Waals surface area contributed by atoms with Crippen molar-refractivity contribution in [3.63, 3.8) is 0 Å². The normalized spacial score (nSPS) is 19.5. The molecule has 0 spiro atoms. The van der Waals surface area contributed by atoms with Crippen molar-refractivity contribution in [3.8, 4) is 11.5 Å². The third-order valence-electron chi connectivity index (χ3n) is 5.41. The van der Waals surface area contributed by atoms with Crippen molar-refractivity contribution in [1.29, 1.82) is 0 Å². The standard InChI is InChI=1S/C22H24N2O4/c1-27-19-7-4-6-18(14-19)24-11-10-23(15-21(24)25)22(26)17-9-12-28-20-8-3-2-5-16(20)13-17/h2-8,14,17H,9-13,15H2,1H3/t17-/m1/s1. The van der Waals surface area contributed by atoms with Gasteiger partial charge >= 0.3 is 0 Å². The first-order valence-corrected chi connectivity index (χ1v) is 9.59. The van der Waals surface area contributed by atoms with E-state index in [-0.39, 0.29) is 24.3 Å². The molecule has 0 aliphatic carbocycles. The molecule has 2 heterocycles. The summed E-state index contributed by atoms with van der Waals surface area (Å²) >= 11 is 0. The van der Waals surface area contributed by atoms with Gasteiger partial charge in [-0.2, -0.15) is 0 Å². The lowest BCUT2D eigenvalue weighted by Gasteiger charge is -2.36. The molecule has 0 saturated carbocycles. The van der Waals surface area contributed by atoms with Crippen LogP contribution in [0.2, 0.25) is 0 Å². The highest BCUT2D eigenvalue weighted by molar-refractivity contribution is 5.98. The van der Waals surface area contributed by atoms with Gasteiger partial charge in [0.2, 0.25) is 11.8 Å². The van der Waals surface area contributed by atoms with Crippen molar-refractivity contribution in [1.82, 2.24) is 4.90 Å². The monoisotopic (exact) mass is 380 g/mol. The average Bonchev–Trinajstić information content (AvgIpc) is 2.95. The second-order valence-electron chi connectivity index (χ2n) is 7.15. The Labute approximate surface area is 164 Å². The van der Waals surface area contributed by atoms with Gasteiger partial charge in [-0.25, -0.2) is 0 Å². The van der Waals surface area contributed by atoms with E-state index in [2.05, 4.69) is 0 Å². The van der Waals surface area contributed by atoms with E-state index in [1.807, 2.05) is 48.5 Å².